The number of carbonyl (C=O) groups excluding carboxylic acids is 3. The predicted molar refractivity (Wildman–Crippen MR) is 119 cm³/mol. The van der Waals surface area contributed by atoms with E-state index in [1.54, 1.807) is 32.0 Å². The highest BCUT2D eigenvalue weighted by Crippen LogP contribution is 2.33. The summed E-state index contributed by atoms with van der Waals surface area (Å²) >= 11 is 12.1. The van der Waals surface area contributed by atoms with Crippen LogP contribution in [0.25, 0.3) is 6.08 Å². The Labute approximate surface area is 194 Å². The fourth-order valence-corrected chi connectivity index (χ4v) is 3.44. The third-order valence-electron chi connectivity index (χ3n) is 4.43. The summed E-state index contributed by atoms with van der Waals surface area (Å²) in [5, 5.41) is 5.67. The molecule has 2 N–H and O–H groups in total. The minimum Gasteiger partial charge on any atom is -0.463 e. The van der Waals surface area contributed by atoms with E-state index in [4.69, 9.17) is 32.7 Å². The maximum atomic E-state index is 12.4. The van der Waals surface area contributed by atoms with E-state index in [0.717, 1.165) is 0 Å². The number of nitrogens with zero attached hydrogens (tertiary/aromatic N) is 1. The molecule has 0 aliphatic carbocycles. The van der Waals surface area contributed by atoms with Gasteiger partial charge in [-0.3, -0.25) is 0 Å². The van der Waals surface area contributed by atoms with Crippen LogP contribution >= 0.6 is 23.2 Å². The molecule has 1 aromatic heterocycles. The van der Waals surface area contributed by atoms with Crippen LogP contribution in [0, 0.1) is 0 Å². The van der Waals surface area contributed by atoms with E-state index in [-0.39, 0.29) is 23.0 Å². The van der Waals surface area contributed by atoms with E-state index in [1.807, 2.05) is 0 Å². The maximum absolute atomic E-state index is 12.4. The first-order chi connectivity index (χ1) is 15.3. The molecule has 2 heterocycles. The number of hydrogen-bond acceptors (Lipinski definition) is 6. The molecule has 1 atom stereocenters. The molecule has 0 bridgehead atoms. The topological polar surface area (TPSA) is 107 Å². The largest absolute Gasteiger partial charge is 0.463 e. The second-order valence-corrected chi connectivity index (χ2v) is 7.44. The van der Waals surface area contributed by atoms with Crippen molar-refractivity contribution >= 4 is 47.2 Å². The van der Waals surface area contributed by atoms with E-state index in [9.17, 15) is 14.4 Å². The summed E-state index contributed by atoms with van der Waals surface area (Å²) < 4.78 is 10.4. The molecule has 3 rings (SSSR count). The van der Waals surface area contributed by atoms with Crippen molar-refractivity contribution in [3.63, 3.8) is 0 Å². The number of allylic oxidation sites excluding steroid dienone is 1. The lowest BCUT2D eigenvalue weighted by Gasteiger charge is -2.28. The lowest BCUT2D eigenvalue weighted by atomic mass is 9.95. The van der Waals surface area contributed by atoms with Gasteiger partial charge in [-0.1, -0.05) is 29.3 Å². The van der Waals surface area contributed by atoms with Crippen LogP contribution in [-0.2, 0) is 14.3 Å². The number of esters is 2. The Kier molecular flexibility index (Phi) is 7.50. The van der Waals surface area contributed by atoms with E-state index < -0.39 is 24.0 Å². The highest BCUT2D eigenvalue weighted by Gasteiger charge is 2.32. The van der Waals surface area contributed by atoms with E-state index in [1.165, 1.54) is 30.5 Å². The van der Waals surface area contributed by atoms with Crippen molar-refractivity contribution in [3.8, 4) is 5.75 Å². The van der Waals surface area contributed by atoms with Crippen molar-refractivity contribution in [2.45, 2.75) is 19.9 Å². The number of benzene rings is 1. The molecule has 1 aliphatic rings. The number of nitrogens with one attached hydrogen (secondary N) is 2. The van der Waals surface area contributed by atoms with E-state index >= 15 is 0 Å². The van der Waals surface area contributed by atoms with Crippen LogP contribution in [0.2, 0.25) is 10.2 Å². The third kappa shape index (κ3) is 5.66. The number of ether oxygens (including phenoxy) is 2. The normalized spacial score (nSPS) is 15.9. The number of pyridine rings is 1. The molecule has 1 aliphatic heterocycles. The highest BCUT2D eigenvalue weighted by molar-refractivity contribution is 6.32. The summed E-state index contributed by atoms with van der Waals surface area (Å²) in [5.41, 5.74) is 1.84. The Morgan fingerprint density at radius 3 is 2.69 bits per heavy atom. The van der Waals surface area contributed by atoms with Gasteiger partial charge in [0.25, 0.3) is 0 Å². The fourth-order valence-electron chi connectivity index (χ4n) is 3.03. The number of aromatic nitrogens is 1. The van der Waals surface area contributed by atoms with Crippen LogP contribution in [-0.4, -0.2) is 29.6 Å². The third-order valence-corrected chi connectivity index (χ3v) is 4.93. The smallest absolute Gasteiger partial charge is 0.338 e. The summed E-state index contributed by atoms with van der Waals surface area (Å²) in [6.07, 6.45) is 4.28. The monoisotopic (exact) mass is 475 g/mol. The standard InChI is InChI=1S/C22H19Cl2N3O5/c1-3-31-21(29)19-12(2)26-22(30)27-20(19)14-5-6-16(15(23)11-14)32-18(28)7-4-13-8-9-25-17(24)10-13/h4-11,20H,3H2,1-2H3,(H2,26,27,30)/b7-4+. The highest BCUT2D eigenvalue weighted by atomic mass is 35.5. The Balaban J connectivity index is 1.79. The van der Waals surface area contributed by atoms with Crippen molar-refractivity contribution < 1.29 is 23.9 Å². The fraction of sp³-hybridized carbons (Fsp3) is 0.182. The zero-order chi connectivity index (χ0) is 23.3. The van der Waals surface area contributed by atoms with Crippen LogP contribution < -0.4 is 15.4 Å². The molecule has 0 fully saturated rings. The number of urea groups is 1. The molecule has 32 heavy (non-hydrogen) atoms. The molecule has 1 aromatic carbocycles. The average molecular weight is 476 g/mol. The van der Waals surface area contributed by atoms with Gasteiger partial charge >= 0.3 is 18.0 Å². The zero-order valence-corrected chi connectivity index (χ0v) is 18.7. The summed E-state index contributed by atoms with van der Waals surface area (Å²) in [6, 6.07) is 6.63. The molecule has 10 heteroatoms. The van der Waals surface area contributed by atoms with Crippen molar-refractivity contribution in [2.24, 2.45) is 0 Å². The molecule has 166 valence electrons. The lowest BCUT2D eigenvalue weighted by Crippen LogP contribution is -2.45. The molecule has 0 radical (unpaired) electrons. The molecule has 0 spiro atoms. The summed E-state index contributed by atoms with van der Waals surface area (Å²) in [4.78, 5) is 40.4. The van der Waals surface area contributed by atoms with E-state index in [2.05, 4.69) is 15.6 Å². The maximum Gasteiger partial charge on any atom is 0.338 e. The minimum atomic E-state index is -0.776. The molecule has 0 saturated heterocycles. The van der Waals surface area contributed by atoms with Crippen molar-refractivity contribution in [1.29, 1.82) is 0 Å². The molecular weight excluding hydrogens is 457 g/mol. The van der Waals surface area contributed by atoms with Crippen LogP contribution in [0.5, 0.6) is 5.75 Å². The molecule has 1 unspecified atom stereocenters. The zero-order valence-electron chi connectivity index (χ0n) is 17.1. The number of amides is 2. The van der Waals surface area contributed by atoms with Gasteiger partial charge in [-0.05, 0) is 55.3 Å². The van der Waals surface area contributed by atoms with Gasteiger partial charge in [-0.25, -0.2) is 19.4 Å². The number of hydrogen-bond donors (Lipinski definition) is 2. The Morgan fingerprint density at radius 1 is 1.22 bits per heavy atom. The van der Waals surface area contributed by atoms with Crippen LogP contribution in [0.3, 0.4) is 0 Å². The molecule has 8 nitrogen and oxygen atoms in total. The molecule has 0 saturated carbocycles. The van der Waals surface area contributed by atoms with Crippen molar-refractivity contribution in [3.05, 3.63) is 75.2 Å². The van der Waals surface area contributed by atoms with Gasteiger partial charge in [0.05, 0.1) is 23.2 Å². The summed E-state index contributed by atoms with van der Waals surface area (Å²) in [5.74, 6) is -1.09. The predicted octanol–water partition coefficient (Wildman–Crippen LogP) is 4.20. The second kappa shape index (κ2) is 10.3. The Hall–Kier alpha value is -3.36. The van der Waals surface area contributed by atoms with Gasteiger partial charge < -0.3 is 20.1 Å². The Bertz CT molecular complexity index is 1130. The van der Waals surface area contributed by atoms with Crippen molar-refractivity contribution in [2.75, 3.05) is 6.61 Å². The quantitative estimate of drug-likeness (QED) is 0.280. The number of halogens is 2. The van der Waals surface area contributed by atoms with Gasteiger partial charge in [0.15, 0.2) is 0 Å². The van der Waals surface area contributed by atoms with Gasteiger partial charge in [0.1, 0.15) is 10.9 Å². The van der Waals surface area contributed by atoms with E-state index in [0.29, 0.717) is 22.0 Å². The molecule has 2 aromatic rings. The first-order valence-corrected chi connectivity index (χ1v) is 10.3. The molecular formula is C22H19Cl2N3O5. The van der Waals surface area contributed by atoms with Crippen LogP contribution in [0.4, 0.5) is 4.79 Å². The summed E-state index contributed by atoms with van der Waals surface area (Å²) in [6.45, 7) is 3.48. The van der Waals surface area contributed by atoms with Gasteiger partial charge in [0, 0.05) is 18.0 Å². The SMILES string of the molecule is CCOC(=O)C1=C(C)NC(=O)NC1c1ccc(OC(=O)/C=C/c2ccnc(Cl)c2)c(Cl)c1. The van der Waals surface area contributed by atoms with Crippen LogP contribution in [0.1, 0.15) is 31.0 Å². The van der Waals surface area contributed by atoms with Gasteiger partial charge in [0.2, 0.25) is 0 Å². The van der Waals surface area contributed by atoms with Crippen LogP contribution in [0.15, 0.2) is 53.9 Å². The number of rotatable bonds is 6. The van der Waals surface area contributed by atoms with Crippen molar-refractivity contribution in [1.82, 2.24) is 15.6 Å². The number of carbonyl (C=O) groups is 3. The average Bonchev–Trinajstić information content (AvgIpc) is 2.73. The minimum absolute atomic E-state index is 0.122. The Morgan fingerprint density at radius 2 is 2.00 bits per heavy atom. The van der Waals surface area contributed by atoms with Gasteiger partial charge in [-0.2, -0.15) is 0 Å². The summed E-state index contributed by atoms with van der Waals surface area (Å²) in [7, 11) is 0. The second-order valence-electron chi connectivity index (χ2n) is 6.65. The molecule has 2 amide bonds. The first kappa shape index (κ1) is 23.3. The lowest BCUT2D eigenvalue weighted by molar-refractivity contribution is -0.139. The van der Waals surface area contributed by atoms with Gasteiger partial charge in [-0.15, -0.1) is 0 Å². The first-order valence-electron chi connectivity index (χ1n) is 9.54.